The molecule has 0 amide bonds. The predicted octanol–water partition coefficient (Wildman–Crippen LogP) is 0.701. The summed E-state index contributed by atoms with van der Waals surface area (Å²) < 4.78 is 5.28. The second-order valence-electron chi connectivity index (χ2n) is 3.65. The molecule has 0 unspecified atom stereocenters. The van der Waals surface area contributed by atoms with Gasteiger partial charge in [-0.3, -0.25) is 4.90 Å². The van der Waals surface area contributed by atoms with Gasteiger partial charge in [0.05, 0.1) is 25.0 Å². The fourth-order valence-electron chi connectivity index (χ4n) is 2.21. The Morgan fingerprint density at radius 2 is 2.15 bits per heavy atom. The Labute approximate surface area is 78.2 Å². The third-order valence-electron chi connectivity index (χ3n) is 2.91. The molecule has 1 N–H and O–H groups in total. The largest absolute Gasteiger partial charge is 0.411 e. The van der Waals surface area contributed by atoms with E-state index in [9.17, 15) is 0 Å². The molecule has 2 rings (SSSR count). The standard InChI is InChI=1S/C9H16N2O2/c12-10-8-2-1-3-9(8)11-4-6-13-7-5-11/h9,12H,1-7H2/b10-8-/t9-/m0/s1. The summed E-state index contributed by atoms with van der Waals surface area (Å²) in [5.41, 5.74) is 0.960. The molecule has 0 spiro atoms. The molecular formula is C9H16N2O2. The van der Waals surface area contributed by atoms with Crippen LogP contribution in [0, 0.1) is 0 Å². The van der Waals surface area contributed by atoms with E-state index >= 15 is 0 Å². The Morgan fingerprint density at radius 3 is 2.85 bits per heavy atom. The van der Waals surface area contributed by atoms with Gasteiger partial charge in [-0.25, -0.2) is 0 Å². The molecule has 2 fully saturated rings. The Kier molecular flexibility index (Phi) is 2.80. The average molecular weight is 184 g/mol. The summed E-state index contributed by atoms with van der Waals surface area (Å²) in [7, 11) is 0. The van der Waals surface area contributed by atoms with E-state index in [0.29, 0.717) is 6.04 Å². The van der Waals surface area contributed by atoms with Crippen LogP contribution >= 0.6 is 0 Å². The molecule has 1 saturated carbocycles. The maximum absolute atomic E-state index is 8.80. The lowest BCUT2D eigenvalue weighted by molar-refractivity contribution is 0.0287. The van der Waals surface area contributed by atoms with Crippen LogP contribution in [0.5, 0.6) is 0 Å². The van der Waals surface area contributed by atoms with Crippen LogP contribution in [0.4, 0.5) is 0 Å². The van der Waals surface area contributed by atoms with Gasteiger partial charge in [0.15, 0.2) is 0 Å². The first-order chi connectivity index (χ1) is 6.42. The minimum atomic E-state index is 0.383. The van der Waals surface area contributed by atoms with Gasteiger partial charge in [0, 0.05) is 13.1 Å². The van der Waals surface area contributed by atoms with Crippen LogP contribution in [-0.4, -0.2) is 48.2 Å². The molecule has 0 radical (unpaired) electrons. The molecule has 74 valence electrons. The fraction of sp³-hybridized carbons (Fsp3) is 0.889. The molecule has 4 nitrogen and oxygen atoms in total. The second kappa shape index (κ2) is 4.07. The summed E-state index contributed by atoms with van der Waals surface area (Å²) in [4.78, 5) is 2.37. The van der Waals surface area contributed by atoms with Gasteiger partial charge in [0.1, 0.15) is 0 Å². The number of ether oxygens (including phenoxy) is 1. The van der Waals surface area contributed by atoms with Crippen LogP contribution in [0.15, 0.2) is 5.16 Å². The molecule has 1 aliphatic carbocycles. The highest BCUT2D eigenvalue weighted by Crippen LogP contribution is 2.22. The van der Waals surface area contributed by atoms with Gasteiger partial charge in [-0.15, -0.1) is 0 Å². The number of nitrogens with zero attached hydrogens (tertiary/aromatic N) is 2. The second-order valence-corrected chi connectivity index (χ2v) is 3.65. The van der Waals surface area contributed by atoms with Crippen molar-refractivity contribution in [2.45, 2.75) is 25.3 Å². The van der Waals surface area contributed by atoms with E-state index in [1.165, 1.54) is 0 Å². The SMILES string of the molecule is O/N=C1/CCC[C@@H]1N1CCOCC1. The topological polar surface area (TPSA) is 45.1 Å². The minimum Gasteiger partial charge on any atom is -0.411 e. The molecule has 4 heteroatoms. The van der Waals surface area contributed by atoms with E-state index in [-0.39, 0.29) is 0 Å². The third kappa shape index (κ3) is 1.84. The van der Waals surface area contributed by atoms with Gasteiger partial charge in [-0.2, -0.15) is 0 Å². The lowest BCUT2D eigenvalue weighted by Crippen LogP contribution is -2.45. The molecule has 0 aromatic carbocycles. The van der Waals surface area contributed by atoms with Crippen LogP contribution in [0.2, 0.25) is 0 Å². The summed E-state index contributed by atoms with van der Waals surface area (Å²) in [5, 5.41) is 12.2. The predicted molar refractivity (Wildman–Crippen MR) is 49.3 cm³/mol. The van der Waals surface area contributed by atoms with E-state index in [1.807, 2.05) is 0 Å². The zero-order chi connectivity index (χ0) is 9.10. The van der Waals surface area contributed by atoms with Crippen molar-refractivity contribution >= 4 is 5.71 Å². The van der Waals surface area contributed by atoms with Crippen molar-refractivity contribution in [1.29, 1.82) is 0 Å². The summed E-state index contributed by atoms with van der Waals surface area (Å²) in [6, 6.07) is 0.383. The lowest BCUT2D eigenvalue weighted by atomic mass is 10.2. The van der Waals surface area contributed by atoms with E-state index in [4.69, 9.17) is 9.94 Å². The van der Waals surface area contributed by atoms with E-state index < -0.39 is 0 Å². The number of rotatable bonds is 1. The first-order valence-corrected chi connectivity index (χ1v) is 4.94. The van der Waals surface area contributed by atoms with Gasteiger partial charge in [-0.1, -0.05) is 5.16 Å². The molecule has 13 heavy (non-hydrogen) atoms. The molecule has 2 aliphatic rings. The normalized spacial score (nSPS) is 34.2. The summed E-state index contributed by atoms with van der Waals surface area (Å²) >= 11 is 0. The zero-order valence-electron chi connectivity index (χ0n) is 7.78. The van der Waals surface area contributed by atoms with Crippen molar-refractivity contribution in [3.8, 4) is 0 Å². The summed E-state index contributed by atoms with van der Waals surface area (Å²) in [5.74, 6) is 0. The maximum Gasteiger partial charge on any atom is 0.0742 e. The molecule has 0 aromatic heterocycles. The van der Waals surface area contributed by atoms with Crippen molar-refractivity contribution < 1.29 is 9.94 Å². The summed E-state index contributed by atoms with van der Waals surface area (Å²) in [6.45, 7) is 3.58. The molecule has 0 bridgehead atoms. The maximum atomic E-state index is 8.80. The van der Waals surface area contributed by atoms with Gasteiger partial charge in [-0.05, 0) is 19.3 Å². The number of hydrogen-bond acceptors (Lipinski definition) is 4. The monoisotopic (exact) mass is 184 g/mol. The molecule has 1 atom stereocenters. The van der Waals surface area contributed by atoms with Crippen LogP contribution in [0.1, 0.15) is 19.3 Å². The van der Waals surface area contributed by atoms with Crippen LogP contribution in [-0.2, 0) is 4.74 Å². The number of morpholine rings is 1. The Balaban J connectivity index is 1.98. The average Bonchev–Trinajstić information content (AvgIpc) is 2.67. The molecule has 1 aliphatic heterocycles. The van der Waals surface area contributed by atoms with Crippen LogP contribution in [0.25, 0.3) is 0 Å². The van der Waals surface area contributed by atoms with Gasteiger partial charge < -0.3 is 9.94 Å². The van der Waals surface area contributed by atoms with E-state index in [0.717, 1.165) is 51.3 Å². The highest BCUT2D eigenvalue weighted by atomic mass is 16.5. The van der Waals surface area contributed by atoms with Crippen LogP contribution < -0.4 is 0 Å². The van der Waals surface area contributed by atoms with Crippen LogP contribution in [0.3, 0.4) is 0 Å². The fourth-order valence-corrected chi connectivity index (χ4v) is 2.21. The van der Waals surface area contributed by atoms with Crippen molar-refractivity contribution in [3.05, 3.63) is 0 Å². The van der Waals surface area contributed by atoms with Gasteiger partial charge in [0.2, 0.25) is 0 Å². The third-order valence-corrected chi connectivity index (χ3v) is 2.91. The minimum absolute atomic E-state index is 0.383. The quantitative estimate of drug-likeness (QED) is 0.482. The Morgan fingerprint density at radius 1 is 1.38 bits per heavy atom. The molecule has 1 saturated heterocycles. The molecule has 0 aromatic rings. The van der Waals surface area contributed by atoms with Crippen molar-refractivity contribution in [1.82, 2.24) is 4.90 Å². The Hall–Kier alpha value is -0.610. The number of hydrogen-bond donors (Lipinski definition) is 1. The Bertz CT molecular complexity index is 200. The zero-order valence-corrected chi connectivity index (χ0v) is 7.78. The first kappa shape index (κ1) is 8.97. The summed E-state index contributed by atoms with van der Waals surface area (Å²) in [6.07, 6.45) is 3.25. The van der Waals surface area contributed by atoms with Crippen molar-refractivity contribution in [2.75, 3.05) is 26.3 Å². The molecular weight excluding hydrogens is 168 g/mol. The smallest absolute Gasteiger partial charge is 0.0742 e. The first-order valence-electron chi connectivity index (χ1n) is 4.94. The van der Waals surface area contributed by atoms with Gasteiger partial charge >= 0.3 is 0 Å². The number of oxime groups is 1. The lowest BCUT2D eigenvalue weighted by Gasteiger charge is -2.31. The van der Waals surface area contributed by atoms with Crippen molar-refractivity contribution in [2.24, 2.45) is 5.16 Å². The van der Waals surface area contributed by atoms with Gasteiger partial charge in [0.25, 0.3) is 0 Å². The van der Waals surface area contributed by atoms with E-state index in [1.54, 1.807) is 0 Å². The van der Waals surface area contributed by atoms with E-state index in [2.05, 4.69) is 10.1 Å². The van der Waals surface area contributed by atoms with Crippen molar-refractivity contribution in [3.63, 3.8) is 0 Å². The molecule has 1 heterocycles. The highest BCUT2D eigenvalue weighted by Gasteiger charge is 2.29. The highest BCUT2D eigenvalue weighted by molar-refractivity contribution is 5.90.